The van der Waals surface area contributed by atoms with Gasteiger partial charge in [-0.3, -0.25) is 4.79 Å². The summed E-state index contributed by atoms with van der Waals surface area (Å²) in [5.74, 6) is -2.06. The molecule has 1 aromatic carbocycles. The van der Waals surface area contributed by atoms with E-state index in [0.29, 0.717) is 37.3 Å². The van der Waals surface area contributed by atoms with Crippen LogP contribution in [0.3, 0.4) is 0 Å². The minimum Gasteiger partial charge on any atom is -0.462 e. The van der Waals surface area contributed by atoms with Gasteiger partial charge in [0.05, 0.1) is 12.2 Å². The average molecular weight is 374 g/mol. The van der Waals surface area contributed by atoms with Crippen molar-refractivity contribution in [3.63, 3.8) is 0 Å². The molecule has 1 saturated heterocycles. The number of halogens is 2. The highest BCUT2D eigenvalue weighted by Crippen LogP contribution is 2.28. The van der Waals surface area contributed by atoms with E-state index in [1.165, 1.54) is 0 Å². The van der Waals surface area contributed by atoms with E-state index in [2.05, 4.69) is 4.98 Å². The van der Waals surface area contributed by atoms with Crippen molar-refractivity contribution in [3.05, 3.63) is 59.3 Å². The van der Waals surface area contributed by atoms with Crippen molar-refractivity contribution in [2.75, 3.05) is 24.6 Å². The highest BCUT2D eigenvalue weighted by Gasteiger charge is 2.29. The van der Waals surface area contributed by atoms with Crippen LogP contribution in [0.2, 0.25) is 0 Å². The molecule has 0 radical (unpaired) electrons. The average Bonchev–Trinajstić information content (AvgIpc) is 2.69. The van der Waals surface area contributed by atoms with Crippen molar-refractivity contribution in [2.24, 2.45) is 5.92 Å². The zero-order chi connectivity index (χ0) is 19.4. The van der Waals surface area contributed by atoms with Crippen molar-refractivity contribution in [1.29, 1.82) is 0 Å². The summed E-state index contributed by atoms with van der Waals surface area (Å²) in [5, 5.41) is 0. The highest BCUT2D eigenvalue weighted by molar-refractivity contribution is 5.98. The number of ether oxygens (including phenoxy) is 1. The van der Waals surface area contributed by atoms with Gasteiger partial charge in [0, 0.05) is 25.2 Å². The normalized spacial score (nSPS) is 14.9. The molecule has 27 heavy (non-hydrogen) atoms. The maximum Gasteiger partial charge on any atom is 0.341 e. The van der Waals surface area contributed by atoms with Crippen molar-refractivity contribution < 1.29 is 23.1 Å². The van der Waals surface area contributed by atoms with E-state index in [4.69, 9.17) is 4.74 Å². The van der Waals surface area contributed by atoms with E-state index in [1.807, 2.05) is 4.90 Å². The summed E-state index contributed by atoms with van der Waals surface area (Å²) in [5.41, 5.74) is 0.166. The Morgan fingerprint density at radius 2 is 1.93 bits per heavy atom. The number of nitrogens with zero attached hydrogens (tertiary/aromatic N) is 2. The molecule has 0 saturated carbocycles. The van der Waals surface area contributed by atoms with Crippen LogP contribution in [0.4, 0.5) is 14.6 Å². The lowest BCUT2D eigenvalue weighted by Gasteiger charge is -2.33. The second-order valence-electron chi connectivity index (χ2n) is 6.34. The Morgan fingerprint density at radius 3 is 2.63 bits per heavy atom. The van der Waals surface area contributed by atoms with Crippen molar-refractivity contribution >= 4 is 17.6 Å². The quantitative estimate of drug-likeness (QED) is 0.591. The zero-order valence-electron chi connectivity index (χ0n) is 15.0. The van der Waals surface area contributed by atoms with E-state index < -0.39 is 29.3 Å². The predicted molar refractivity (Wildman–Crippen MR) is 95.8 cm³/mol. The predicted octanol–water partition coefficient (Wildman–Crippen LogP) is 3.64. The third-order valence-corrected chi connectivity index (χ3v) is 4.64. The molecule has 0 amide bonds. The number of Topliss-reactive ketones (excluding diaryl/α,β-unsaturated/α-hetero) is 1. The van der Waals surface area contributed by atoms with E-state index in [0.717, 1.165) is 18.2 Å². The molecule has 142 valence electrons. The largest absolute Gasteiger partial charge is 0.462 e. The van der Waals surface area contributed by atoms with Crippen LogP contribution in [0, 0.1) is 17.6 Å². The number of anilines is 1. The number of carbonyl (C=O) groups is 2. The van der Waals surface area contributed by atoms with Crippen LogP contribution in [0.15, 0.2) is 36.5 Å². The van der Waals surface area contributed by atoms with E-state index >= 15 is 0 Å². The Morgan fingerprint density at radius 1 is 1.19 bits per heavy atom. The summed E-state index contributed by atoms with van der Waals surface area (Å²) in [6.45, 7) is 2.97. The van der Waals surface area contributed by atoms with E-state index in [-0.39, 0.29) is 12.2 Å². The second-order valence-corrected chi connectivity index (χ2v) is 6.34. The highest BCUT2D eigenvalue weighted by atomic mass is 19.1. The summed E-state index contributed by atoms with van der Waals surface area (Å²) >= 11 is 0. The number of hydrogen-bond acceptors (Lipinski definition) is 5. The molecule has 1 aromatic heterocycles. The minimum atomic E-state index is -0.710. The Kier molecular flexibility index (Phi) is 5.78. The molecule has 1 aliphatic rings. The summed E-state index contributed by atoms with van der Waals surface area (Å²) in [6.07, 6.45) is 2.53. The number of rotatable bonds is 5. The first-order valence-electron chi connectivity index (χ1n) is 8.87. The van der Waals surface area contributed by atoms with Gasteiger partial charge in [0.15, 0.2) is 5.78 Å². The topological polar surface area (TPSA) is 59.5 Å². The molecule has 2 heterocycles. The molecule has 1 fully saturated rings. The first kappa shape index (κ1) is 18.9. The second kappa shape index (κ2) is 8.24. The van der Waals surface area contributed by atoms with Gasteiger partial charge in [0.25, 0.3) is 0 Å². The molecule has 3 rings (SSSR count). The van der Waals surface area contributed by atoms with Crippen molar-refractivity contribution in [3.8, 4) is 0 Å². The lowest BCUT2D eigenvalue weighted by molar-refractivity contribution is 0.0526. The molecule has 1 aliphatic heterocycles. The van der Waals surface area contributed by atoms with Gasteiger partial charge in [-0.05, 0) is 50.1 Å². The third kappa shape index (κ3) is 4.13. The van der Waals surface area contributed by atoms with Gasteiger partial charge in [0.2, 0.25) is 0 Å². The van der Waals surface area contributed by atoms with Gasteiger partial charge in [0.1, 0.15) is 23.0 Å². The minimum absolute atomic E-state index is 0.210. The molecule has 0 spiro atoms. The maximum absolute atomic E-state index is 13.9. The molecule has 0 aliphatic carbocycles. The fraction of sp³-hybridized carbons (Fsp3) is 0.350. The lowest BCUT2D eigenvalue weighted by atomic mass is 9.88. The first-order valence-corrected chi connectivity index (χ1v) is 8.87. The summed E-state index contributed by atoms with van der Waals surface area (Å²) in [4.78, 5) is 30.9. The smallest absolute Gasteiger partial charge is 0.341 e. The van der Waals surface area contributed by atoms with Gasteiger partial charge < -0.3 is 9.64 Å². The first-order chi connectivity index (χ1) is 13.0. The fourth-order valence-electron chi connectivity index (χ4n) is 3.28. The molecule has 0 unspecified atom stereocenters. The number of ketones is 1. The summed E-state index contributed by atoms with van der Waals surface area (Å²) in [7, 11) is 0. The van der Waals surface area contributed by atoms with Crippen LogP contribution in [0.5, 0.6) is 0 Å². The number of carbonyl (C=O) groups excluding carboxylic acids is 2. The molecule has 5 nitrogen and oxygen atoms in total. The van der Waals surface area contributed by atoms with Gasteiger partial charge >= 0.3 is 5.97 Å². The SMILES string of the molecule is CCOC(=O)c1cccnc1N1CCC(C(=O)c2cc(F)ccc2F)CC1. The van der Waals surface area contributed by atoms with Gasteiger partial charge in [-0.25, -0.2) is 18.6 Å². The molecular formula is C20H20F2N2O3. The van der Waals surface area contributed by atoms with Crippen molar-refractivity contribution in [1.82, 2.24) is 4.98 Å². The van der Waals surface area contributed by atoms with Crippen LogP contribution in [0.1, 0.15) is 40.5 Å². The van der Waals surface area contributed by atoms with E-state index in [1.54, 1.807) is 25.3 Å². The lowest BCUT2D eigenvalue weighted by Crippen LogP contribution is -2.38. The van der Waals surface area contributed by atoms with E-state index in [9.17, 15) is 18.4 Å². The fourth-order valence-corrected chi connectivity index (χ4v) is 3.28. The van der Waals surface area contributed by atoms with Crippen LogP contribution in [-0.4, -0.2) is 36.4 Å². The van der Waals surface area contributed by atoms with Crippen LogP contribution >= 0.6 is 0 Å². The monoisotopic (exact) mass is 374 g/mol. The van der Waals surface area contributed by atoms with Gasteiger partial charge in [-0.15, -0.1) is 0 Å². The number of piperidine rings is 1. The van der Waals surface area contributed by atoms with Crippen LogP contribution in [0.25, 0.3) is 0 Å². The third-order valence-electron chi connectivity index (χ3n) is 4.64. The number of aromatic nitrogens is 1. The van der Waals surface area contributed by atoms with Crippen molar-refractivity contribution in [2.45, 2.75) is 19.8 Å². The van der Waals surface area contributed by atoms with Crippen LogP contribution < -0.4 is 4.90 Å². The number of hydrogen-bond donors (Lipinski definition) is 0. The number of pyridine rings is 1. The van der Waals surface area contributed by atoms with Gasteiger partial charge in [-0.1, -0.05) is 0 Å². The molecule has 7 heteroatoms. The zero-order valence-corrected chi connectivity index (χ0v) is 15.0. The molecule has 0 atom stereocenters. The molecule has 0 bridgehead atoms. The number of benzene rings is 1. The number of esters is 1. The Balaban J connectivity index is 1.72. The molecule has 0 N–H and O–H groups in total. The Labute approximate surface area is 156 Å². The Hall–Kier alpha value is -2.83. The summed E-state index contributed by atoms with van der Waals surface area (Å²) < 4.78 is 32.3. The molecule has 2 aromatic rings. The van der Waals surface area contributed by atoms with Gasteiger partial charge in [-0.2, -0.15) is 0 Å². The summed E-state index contributed by atoms with van der Waals surface area (Å²) in [6, 6.07) is 6.23. The standard InChI is InChI=1S/C20H20F2N2O3/c1-2-27-20(26)15-4-3-9-23-19(15)24-10-7-13(8-11-24)18(25)16-12-14(21)5-6-17(16)22/h3-6,9,12-13H,2,7-8,10-11H2,1H3. The van der Waals surface area contributed by atoms with Crippen LogP contribution in [-0.2, 0) is 4.74 Å². The maximum atomic E-state index is 13.9. The molecular weight excluding hydrogens is 354 g/mol. The Bertz CT molecular complexity index is 849.